The molecule has 2 amide bonds. The molecule has 0 spiro atoms. The predicted octanol–water partition coefficient (Wildman–Crippen LogP) is 3.27. The average molecular weight is 543 g/mol. The molecule has 3 saturated heterocycles. The van der Waals surface area contributed by atoms with E-state index in [1.807, 2.05) is 12.1 Å². The van der Waals surface area contributed by atoms with Crippen LogP contribution < -0.4 is 10.2 Å². The van der Waals surface area contributed by atoms with Gasteiger partial charge in [-0.15, -0.1) is 0 Å². The third-order valence-corrected chi connectivity index (χ3v) is 9.80. The number of nitrogens with zero attached hydrogens (tertiary/aromatic N) is 4. The minimum absolute atomic E-state index is 0.101. The Bertz CT molecular complexity index is 1030. The molecule has 4 aliphatic rings. The van der Waals surface area contributed by atoms with Gasteiger partial charge in [-0.3, -0.25) is 14.5 Å². The van der Waals surface area contributed by atoms with Gasteiger partial charge in [0.2, 0.25) is 5.91 Å². The maximum absolute atomic E-state index is 13.1. The standard InChI is InChI=1S/C27H39BClN5O2P/c1-19-3-5-24(26(35)30-19)34-18-22-21(27(34)36)4-6-23(25(22)29)33-13-11-32(12-14-33)17-20-7-9-31(10-8-20)15-16-37-28-2/h4,6,20,24,37H,1,3,5,7-18H2,2H3,(H,30,35). The van der Waals surface area contributed by atoms with Gasteiger partial charge in [0.25, 0.3) is 5.91 Å². The van der Waals surface area contributed by atoms with Gasteiger partial charge in [0.15, 0.2) is 0 Å². The Kier molecular flexibility index (Phi) is 8.80. The van der Waals surface area contributed by atoms with E-state index in [1.165, 1.54) is 45.2 Å². The number of anilines is 1. The fourth-order valence-electron chi connectivity index (χ4n) is 6.21. The first kappa shape index (κ1) is 27.0. The zero-order valence-electron chi connectivity index (χ0n) is 22.0. The lowest BCUT2D eigenvalue weighted by molar-refractivity contribution is -0.126. The van der Waals surface area contributed by atoms with Crippen LogP contribution in [-0.2, 0) is 11.3 Å². The van der Waals surface area contributed by atoms with E-state index in [9.17, 15) is 9.59 Å². The normalized spacial score (nSPS) is 24.3. The van der Waals surface area contributed by atoms with E-state index in [4.69, 9.17) is 11.6 Å². The highest BCUT2D eigenvalue weighted by Gasteiger charge is 2.39. The Morgan fingerprint density at radius 1 is 1.08 bits per heavy atom. The molecule has 0 bridgehead atoms. The molecule has 1 aromatic carbocycles. The molecule has 10 heteroatoms. The van der Waals surface area contributed by atoms with E-state index in [1.54, 1.807) is 4.90 Å². The zero-order valence-corrected chi connectivity index (χ0v) is 23.7. The summed E-state index contributed by atoms with van der Waals surface area (Å²) in [5.74, 6) is 0.555. The summed E-state index contributed by atoms with van der Waals surface area (Å²) in [4.78, 5) is 34.9. The molecule has 0 aromatic heterocycles. The quantitative estimate of drug-likeness (QED) is 0.310. The van der Waals surface area contributed by atoms with Crippen LogP contribution in [0.25, 0.3) is 0 Å². The lowest BCUT2D eigenvalue weighted by Crippen LogP contribution is -2.49. The van der Waals surface area contributed by atoms with Crippen LogP contribution in [0.3, 0.4) is 0 Å². The number of hydrogen-bond donors (Lipinski definition) is 1. The fraction of sp³-hybridized carbons (Fsp3) is 0.630. The first-order chi connectivity index (χ1) is 17.9. The van der Waals surface area contributed by atoms with Crippen molar-refractivity contribution in [2.24, 2.45) is 5.92 Å². The van der Waals surface area contributed by atoms with Crippen LogP contribution in [0.4, 0.5) is 5.69 Å². The fourth-order valence-corrected chi connectivity index (χ4v) is 7.29. The maximum Gasteiger partial charge on any atom is 0.255 e. The number of nitrogens with one attached hydrogen (secondary N) is 1. The van der Waals surface area contributed by atoms with E-state index in [-0.39, 0.29) is 11.8 Å². The third-order valence-electron chi connectivity index (χ3n) is 8.45. The van der Waals surface area contributed by atoms with E-state index >= 15 is 0 Å². The van der Waals surface area contributed by atoms with Gasteiger partial charge in [-0.05, 0) is 63.0 Å². The highest BCUT2D eigenvalue weighted by atomic mass is 35.5. The number of rotatable bonds is 8. The van der Waals surface area contributed by atoms with Crippen LogP contribution in [0.15, 0.2) is 24.4 Å². The number of hydrogen-bond acceptors (Lipinski definition) is 5. The molecule has 199 valence electrons. The number of halogens is 1. The summed E-state index contributed by atoms with van der Waals surface area (Å²) >= 11 is 6.91. The van der Waals surface area contributed by atoms with Crippen LogP contribution in [0.2, 0.25) is 11.8 Å². The van der Waals surface area contributed by atoms with Crippen LogP contribution in [0.1, 0.15) is 41.6 Å². The lowest BCUT2D eigenvalue weighted by Gasteiger charge is -2.40. The van der Waals surface area contributed by atoms with Crippen molar-refractivity contribution in [2.75, 3.05) is 63.4 Å². The second-order valence-electron chi connectivity index (χ2n) is 10.8. The number of piperazine rings is 1. The number of benzene rings is 1. The molecule has 2 atom stereocenters. The van der Waals surface area contributed by atoms with Gasteiger partial charge in [0.05, 0.1) is 10.7 Å². The Labute approximate surface area is 228 Å². The summed E-state index contributed by atoms with van der Waals surface area (Å²) in [6.07, 6.45) is 5.23. The summed E-state index contributed by atoms with van der Waals surface area (Å²) in [6.45, 7) is 17.6. The topological polar surface area (TPSA) is 59.1 Å². The van der Waals surface area contributed by atoms with Crippen molar-refractivity contribution in [1.29, 1.82) is 0 Å². The number of carbonyl (C=O) groups is 2. The van der Waals surface area contributed by atoms with E-state index in [0.717, 1.165) is 57.5 Å². The molecule has 0 saturated carbocycles. The Morgan fingerprint density at radius 2 is 1.84 bits per heavy atom. The second kappa shape index (κ2) is 12.1. The summed E-state index contributed by atoms with van der Waals surface area (Å²) in [7, 11) is 0.992. The lowest BCUT2D eigenvalue weighted by atomic mass is 9.96. The molecular weight excluding hydrogens is 504 g/mol. The summed E-state index contributed by atoms with van der Waals surface area (Å²) in [5, 5.41) is 3.46. The van der Waals surface area contributed by atoms with Gasteiger partial charge in [-0.25, -0.2) is 0 Å². The molecule has 1 radical (unpaired) electrons. The Balaban J connectivity index is 1.14. The first-order valence-corrected chi connectivity index (χ1v) is 15.4. The first-order valence-electron chi connectivity index (χ1n) is 13.8. The largest absolute Gasteiger partial charge is 0.368 e. The SMILES string of the molecule is C=C1CCC(N2Cc3c(ccc(N4CCN(CC5CCN(CCP[B]C)CC5)CC4)c3Cl)C2=O)C(=O)N1. The summed E-state index contributed by atoms with van der Waals surface area (Å²) in [5.41, 5.74) is 3.21. The molecular formula is C27H39BClN5O2P. The minimum Gasteiger partial charge on any atom is -0.368 e. The molecule has 37 heavy (non-hydrogen) atoms. The molecule has 5 rings (SSSR count). The number of piperidine rings is 2. The molecule has 4 aliphatic heterocycles. The van der Waals surface area contributed by atoms with Crippen molar-refractivity contribution in [3.63, 3.8) is 0 Å². The number of allylic oxidation sites excluding steroid dienone is 1. The number of fused-ring (bicyclic) bond motifs is 1. The van der Waals surface area contributed by atoms with Crippen molar-refractivity contribution < 1.29 is 9.59 Å². The van der Waals surface area contributed by atoms with E-state index in [2.05, 4.69) is 40.4 Å². The highest BCUT2D eigenvalue weighted by Crippen LogP contribution is 2.38. The summed E-state index contributed by atoms with van der Waals surface area (Å²) in [6, 6.07) is 3.43. The predicted molar refractivity (Wildman–Crippen MR) is 154 cm³/mol. The molecule has 2 unspecified atom stereocenters. The Hall–Kier alpha value is -1.60. The monoisotopic (exact) mass is 542 g/mol. The minimum atomic E-state index is -0.462. The smallest absolute Gasteiger partial charge is 0.255 e. The van der Waals surface area contributed by atoms with Gasteiger partial charge in [-0.1, -0.05) is 25.0 Å². The second-order valence-corrected chi connectivity index (χ2v) is 12.7. The van der Waals surface area contributed by atoms with Crippen molar-refractivity contribution in [1.82, 2.24) is 20.0 Å². The van der Waals surface area contributed by atoms with E-state index < -0.39 is 6.04 Å². The van der Waals surface area contributed by atoms with Gasteiger partial charge in [0, 0.05) is 62.6 Å². The summed E-state index contributed by atoms with van der Waals surface area (Å²) < 4.78 is 0. The molecule has 1 N–H and O–H groups in total. The van der Waals surface area contributed by atoms with Crippen molar-refractivity contribution in [2.45, 2.75) is 45.1 Å². The van der Waals surface area contributed by atoms with Crippen LogP contribution >= 0.6 is 20.1 Å². The maximum atomic E-state index is 13.1. The molecule has 7 nitrogen and oxygen atoms in total. The van der Waals surface area contributed by atoms with Crippen molar-refractivity contribution >= 4 is 44.6 Å². The van der Waals surface area contributed by atoms with Crippen molar-refractivity contribution in [3.05, 3.63) is 40.6 Å². The molecule has 3 fully saturated rings. The van der Waals surface area contributed by atoms with Gasteiger partial charge in [-0.2, -0.15) is 8.46 Å². The molecule has 4 heterocycles. The van der Waals surface area contributed by atoms with Crippen LogP contribution in [-0.4, -0.2) is 98.1 Å². The molecule has 1 aromatic rings. The van der Waals surface area contributed by atoms with Crippen LogP contribution in [0, 0.1) is 5.92 Å². The van der Waals surface area contributed by atoms with Gasteiger partial charge >= 0.3 is 0 Å². The van der Waals surface area contributed by atoms with Crippen LogP contribution in [0.5, 0.6) is 0 Å². The van der Waals surface area contributed by atoms with Crippen molar-refractivity contribution in [3.8, 4) is 0 Å². The van der Waals surface area contributed by atoms with Gasteiger partial charge in [0.1, 0.15) is 13.0 Å². The molecule has 0 aliphatic carbocycles. The average Bonchev–Trinajstić information content (AvgIpc) is 3.23. The number of carbonyl (C=O) groups excluding carboxylic acids is 2. The third kappa shape index (κ3) is 6.03. The number of likely N-dealkylation sites (tertiary alicyclic amines) is 1. The number of amides is 2. The van der Waals surface area contributed by atoms with E-state index in [0.29, 0.717) is 30.0 Å². The highest BCUT2D eigenvalue weighted by molar-refractivity contribution is 7.70. The zero-order chi connectivity index (χ0) is 25.9. The Morgan fingerprint density at radius 3 is 2.54 bits per heavy atom. The van der Waals surface area contributed by atoms with Gasteiger partial charge < -0.3 is 20.0 Å².